The van der Waals surface area contributed by atoms with Gasteiger partial charge in [0.1, 0.15) is 0 Å². The van der Waals surface area contributed by atoms with Crippen LogP contribution in [0.2, 0.25) is 0 Å². The number of hydrogen-bond acceptors (Lipinski definition) is 3. The third kappa shape index (κ3) is 5.44. The first kappa shape index (κ1) is 16.5. The molecule has 2 rings (SSSR count). The first-order valence-corrected chi connectivity index (χ1v) is 8.68. The maximum atomic E-state index is 5.50. The fourth-order valence-electron chi connectivity index (χ4n) is 3.11. The van der Waals surface area contributed by atoms with E-state index in [0.717, 1.165) is 32.6 Å². The van der Waals surface area contributed by atoms with Crippen LogP contribution in [0.25, 0.3) is 0 Å². The van der Waals surface area contributed by atoms with E-state index >= 15 is 0 Å². The fraction of sp³-hybridized carbons (Fsp3) is 0.824. The predicted molar refractivity (Wildman–Crippen MR) is 86.6 cm³/mol. The van der Waals surface area contributed by atoms with Gasteiger partial charge in [-0.05, 0) is 45.2 Å². The lowest BCUT2D eigenvalue weighted by Gasteiger charge is -2.17. The molecular formula is C17H31N3O. The lowest BCUT2D eigenvalue weighted by atomic mass is 10.1. The number of ether oxygens (including phenoxy) is 1. The van der Waals surface area contributed by atoms with Crippen LogP contribution in [-0.2, 0) is 11.2 Å². The second-order valence-corrected chi connectivity index (χ2v) is 6.07. The van der Waals surface area contributed by atoms with Gasteiger partial charge in [-0.2, -0.15) is 5.10 Å². The Bertz CT molecular complexity index is 385. The van der Waals surface area contributed by atoms with Crippen LogP contribution < -0.4 is 5.32 Å². The molecule has 1 aliphatic rings. The Morgan fingerprint density at radius 3 is 2.90 bits per heavy atom. The number of aromatic nitrogens is 2. The van der Waals surface area contributed by atoms with Gasteiger partial charge in [-0.3, -0.25) is 4.68 Å². The highest BCUT2D eigenvalue weighted by atomic mass is 16.5. The maximum absolute atomic E-state index is 5.50. The summed E-state index contributed by atoms with van der Waals surface area (Å²) in [6.45, 7) is 6.97. The summed E-state index contributed by atoms with van der Waals surface area (Å²) >= 11 is 0. The molecule has 1 heterocycles. The van der Waals surface area contributed by atoms with Gasteiger partial charge in [0.2, 0.25) is 0 Å². The molecule has 0 radical (unpaired) electrons. The largest absolute Gasteiger partial charge is 0.382 e. The average molecular weight is 293 g/mol. The summed E-state index contributed by atoms with van der Waals surface area (Å²) in [5.41, 5.74) is 1.21. The zero-order chi connectivity index (χ0) is 14.9. The standard InChI is InChI=1S/C17H31N3O/c1-3-11-18-15(10-13-21-4-2)14-16-9-12-20(19-16)17-7-5-6-8-17/h9,12,15,17-18H,3-8,10-11,13-14H2,1-2H3. The summed E-state index contributed by atoms with van der Waals surface area (Å²) in [7, 11) is 0. The van der Waals surface area contributed by atoms with Gasteiger partial charge in [0.05, 0.1) is 11.7 Å². The minimum Gasteiger partial charge on any atom is -0.382 e. The van der Waals surface area contributed by atoms with Crippen LogP contribution in [0.3, 0.4) is 0 Å². The fourth-order valence-corrected chi connectivity index (χ4v) is 3.11. The van der Waals surface area contributed by atoms with Crippen LogP contribution in [0.1, 0.15) is 64.1 Å². The average Bonchev–Trinajstić information content (AvgIpc) is 3.15. The van der Waals surface area contributed by atoms with Crippen molar-refractivity contribution in [1.82, 2.24) is 15.1 Å². The van der Waals surface area contributed by atoms with Gasteiger partial charge in [0, 0.05) is 31.9 Å². The van der Waals surface area contributed by atoms with Crippen LogP contribution in [0, 0.1) is 0 Å². The highest BCUT2D eigenvalue weighted by Crippen LogP contribution is 2.28. The van der Waals surface area contributed by atoms with Crippen molar-refractivity contribution < 1.29 is 4.74 Å². The predicted octanol–water partition coefficient (Wildman–Crippen LogP) is 3.34. The second-order valence-electron chi connectivity index (χ2n) is 6.07. The molecule has 1 aromatic rings. The molecule has 0 spiro atoms. The minimum atomic E-state index is 0.475. The van der Waals surface area contributed by atoms with Gasteiger partial charge in [0.25, 0.3) is 0 Å². The monoisotopic (exact) mass is 293 g/mol. The Labute approximate surface area is 129 Å². The number of hydrogen-bond donors (Lipinski definition) is 1. The van der Waals surface area contributed by atoms with E-state index in [4.69, 9.17) is 9.84 Å². The lowest BCUT2D eigenvalue weighted by Crippen LogP contribution is -2.33. The van der Waals surface area contributed by atoms with E-state index < -0.39 is 0 Å². The Morgan fingerprint density at radius 1 is 1.38 bits per heavy atom. The summed E-state index contributed by atoms with van der Waals surface area (Å²) in [6.07, 6.45) is 10.7. The second kappa shape index (κ2) is 9.21. The summed E-state index contributed by atoms with van der Waals surface area (Å²) in [5, 5.41) is 8.43. The van der Waals surface area contributed by atoms with Crippen LogP contribution in [0.15, 0.2) is 12.3 Å². The number of rotatable bonds is 10. The molecule has 1 atom stereocenters. The molecule has 0 aromatic carbocycles. The van der Waals surface area contributed by atoms with Crippen molar-refractivity contribution in [2.75, 3.05) is 19.8 Å². The van der Waals surface area contributed by atoms with Gasteiger partial charge in [-0.15, -0.1) is 0 Å². The van der Waals surface area contributed by atoms with E-state index in [0.29, 0.717) is 12.1 Å². The lowest BCUT2D eigenvalue weighted by molar-refractivity contribution is 0.136. The molecule has 4 heteroatoms. The Hall–Kier alpha value is -0.870. The first-order chi connectivity index (χ1) is 10.3. The summed E-state index contributed by atoms with van der Waals surface area (Å²) in [6, 6.07) is 3.31. The Kier molecular flexibility index (Phi) is 7.24. The van der Waals surface area contributed by atoms with Crippen molar-refractivity contribution in [3.8, 4) is 0 Å². The third-order valence-corrected chi connectivity index (χ3v) is 4.32. The summed E-state index contributed by atoms with van der Waals surface area (Å²) in [4.78, 5) is 0. The highest BCUT2D eigenvalue weighted by Gasteiger charge is 2.18. The molecule has 1 fully saturated rings. The number of nitrogens with one attached hydrogen (secondary N) is 1. The van der Waals surface area contributed by atoms with Gasteiger partial charge in [-0.25, -0.2) is 0 Å². The summed E-state index contributed by atoms with van der Waals surface area (Å²) < 4.78 is 7.70. The van der Waals surface area contributed by atoms with E-state index in [-0.39, 0.29) is 0 Å². The van der Waals surface area contributed by atoms with Crippen molar-refractivity contribution in [3.63, 3.8) is 0 Å². The topological polar surface area (TPSA) is 39.1 Å². The van der Waals surface area contributed by atoms with Crippen LogP contribution in [0.5, 0.6) is 0 Å². The zero-order valence-electron chi connectivity index (χ0n) is 13.7. The van der Waals surface area contributed by atoms with Gasteiger partial charge >= 0.3 is 0 Å². The quantitative estimate of drug-likeness (QED) is 0.673. The molecular weight excluding hydrogens is 262 g/mol. The van der Waals surface area contributed by atoms with Crippen molar-refractivity contribution in [2.24, 2.45) is 0 Å². The normalized spacial score (nSPS) is 17.4. The molecule has 1 aliphatic carbocycles. The van der Waals surface area contributed by atoms with Crippen LogP contribution in [0.4, 0.5) is 0 Å². The van der Waals surface area contributed by atoms with Gasteiger partial charge in [0.15, 0.2) is 0 Å². The smallest absolute Gasteiger partial charge is 0.0640 e. The SMILES string of the molecule is CCCNC(CCOCC)Cc1ccn(C2CCCC2)n1. The molecule has 120 valence electrons. The molecule has 1 aromatic heterocycles. The van der Waals surface area contributed by atoms with E-state index in [1.54, 1.807) is 0 Å². The highest BCUT2D eigenvalue weighted by molar-refractivity contribution is 5.02. The molecule has 1 unspecified atom stereocenters. The van der Waals surface area contributed by atoms with Gasteiger partial charge < -0.3 is 10.1 Å². The summed E-state index contributed by atoms with van der Waals surface area (Å²) in [5.74, 6) is 0. The molecule has 4 nitrogen and oxygen atoms in total. The van der Waals surface area contributed by atoms with Crippen molar-refractivity contribution in [3.05, 3.63) is 18.0 Å². The van der Waals surface area contributed by atoms with E-state index in [1.807, 2.05) is 0 Å². The molecule has 0 saturated heterocycles. The van der Waals surface area contributed by atoms with Crippen molar-refractivity contribution in [2.45, 2.75) is 70.9 Å². The molecule has 0 aliphatic heterocycles. The Balaban J connectivity index is 1.85. The minimum absolute atomic E-state index is 0.475. The van der Waals surface area contributed by atoms with E-state index in [1.165, 1.54) is 37.8 Å². The maximum Gasteiger partial charge on any atom is 0.0640 e. The molecule has 1 saturated carbocycles. The van der Waals surface area contributed by atoms with Crippen molar-refractivity contribution >= 4 is 0 Å². The first-order valence-electron chi connectivity index (χ1n) is 8.68. The molecule has 0 bridgehead atoms. The van der Waals surface area contributed by atoms with E-state index in [2.05, 4.69) is 36.1 Å². The Morgan fingerprint density at radius 2 is 2.19 bits per heavy atom. The van der Waals surface area contributed by atoms with E-state index in [9.17, 15) is 0 Å². The van der Waals surface area contributed by atoms with Crippen molar-refractivity contribution in [1.29, 1.82) is 0 Å². The molecule has 21 heavy (non-hydrogen) atoms. The third-order valence-electron chi connectivity index (χ3n) is 4.32. The zero-order valence-corrected chi connectivity index (χ0v) is 13.7. The van der Waals surface area contributed by atoms with Crippen LogP contribution in [-0.4, -0.2) is 35.6 Å². The van der Waals surface area contributed by atoms with Crippen LogP contribution >= 0.6 is 0 Å². The van der Waals surface area contributed by atoms with Gasteiger partial charge in [-0.1, -0.05) is 19.8 Å². The molecule has 0 amide bonds. The number of nitrogens with zero attached hydrogens (tertiary/aromatic N) is 2. The molecule has 1 N–H and O–H groups in total.